The number of hydrogen-bond acceptors (Lipinski definition) is 5. The van der Waals surface area contributed by atoms with Crippen molar-refractivity contribution in [2.45, 2.75) is 37.4 Å². The predicted molar refractivity (Wildman–Crippen MR) is 111 cm³/mol. The molecule has 4 rings (SSSR count). The van der Waals surface area contributed by atoms with Crippen molar-refractivity contribution < 1.29 is 23.5 Å². The quantitative estimate of drug-likeness (QED) is 0.689. The largest absolute Gasteiger partial charge is 0.378 e. The third-order valence-electron chi connectivity index (χ3n) is 6.20. The summed E-state index contributed by atoms with van der Waals surface area (Å²) in [4.78, 5) is 41.3. The minimum absolute atomic E-state index is 0.0369. The Labute approximate surface area is 185 Å². The zero-order valence-electron chi connectivity index (χ0n) is 17.1. The van der Waals surface area contributed by atoms with Crippen LogP contribution in [0.25, 0.3) is 0 Å². The molecule has 3 saturated heterocycles. The zero-order chi connectivity index (χ0) is 22.0. The Morgan fingerprint density at radius 3 is 2.81 bits per heavy atom. The van der Waals surface area contributed by atoms with E-state index in [1.165, 1.54) is 12.1 Å². The van der Waals surface area contributed by atoms with E-state index in [0.717, 1.165) is 6.07 Å². The van der Waals surface area contributed by atoms with Crippen LogP contribution in [0.5, 0.6) is 0 Å². The number of amides is 3. The summed E-state index contributed by atoms with van der Waals surface area (Å²) in [5.74, 6) is -0.889. The Morgan fingerprint density at radius 2 is 2.06 bits per heavy atom. The maximum atomic E-state index is 13.4. The number of morpholine rings is 1. The van der Waals surface area contributed by atoms with Gasteiger partial charge in [0.25, 0.3) is 5.91 Å². The number of halogens is 2. The normalized spacial score (nSPS) is 26.3. The van der Waals surface area contributed by atoms with Gasteiger partial charge in [-0.05, 0) is 31.0 Å². The molecule has 0 spiro atoms. The zero-order valence-corrected chi connectivity index (χ0v) is 17.9. The highest BCUT2D eigenvalue weighted by Crippen LogP contribution is 2.26. The summed E-state index contributed by atoms with van der Waals surface area (Å²) < 4.78 is 18.6. The Balaban J connectivity index is 1.34. The molecule has 3 atom stereocenters. The minimum Gasteiger partial charge on any atom is -0.378 e. The van der Waals surface area contributed by atoms with E-state index < -0.39 is 5.82 Å². The Hall–Kier alpha value is -2.23. The van der Waals surface area contributed by atoms with Crippen LogP contribution in [0, 0.1) is 5.82 Å². The summed E-state index contributed by atoms with van der Waals surface area (Å²) >= 11 is 5.77. The fourth-order valence-corrected chi connectivity index (χ4v) is 4.70. The highest BCUT2D eigenvalue weighted by molar-refractivity contribution is 6.31. The summed E-state index contributed by atoms with van der Waals surface area (Å²) in [5, 5.41) is 5.74. The third-order valence-corrected chi connectivity index (χ3v) is 6.48. The highest BCUT2D eigenvalue weighted by Gasteiger charge is 2.43. The second kappa shape index (κ2) is 9.50. The van der Waals surface area contributed by atoms with Crippen LogP contribution in [0.2, 0.25) is 5.02 Å². The van der Waals surface area contributed by atoms with E-state index in [1.54, 1.807) is 0 Å². The van der Waals surface area contributed by atoms with E-state index in [-0.39, 0.29) is 46.4 Å². The Morgan fingerprint density at radius 1 is 1.29 bits per heavy atom. The number of carbonyl (C=O) groups excluding carboxylic acids is 3. The lowest BCUT2D eigenvalue weighted by molar-refractivity contribution is -0.136. The van der Waals surface area contributed by atoms with Crippen molar-refractivity contribution in [1.82, 2.24) is 20.4 Å². The second-order valence-corrected chi connectivity index (χ2v) is 8.59. The van der Waals surface area contributed by atoms with Crippen LogP contribution < -0.4 is 10.6 Å². The molecule has 8 nitrogen and oxygen atoms in total. The number of benzene rings is 1. The van der Waals surface area contributed by atoms with Gasteiger partial charge in [0.2, 0.25) is 11.8 Å². The molecule has 3 aliphatic rings. The summed E-state index contributed by atoms with van der Waals surface area (Å²) in [7, 11) is 0. The fourth-order valence-electron chi connectivity index (χ4n) is 4.52. The van der Waals surface area contributed by atoms with Gasteiger partial charge in [0.05, 0.1) is 24.3 Å². The molecule has 3 aliphatic heterocycles. The first-order valence-electron chi connectivity index (χ1n) is 10.6. The monoisotopic (exact) mass is 452 g/mol. The Bertz CT molecular complexity index is 864. The van der Waals surface area contributed by atoms with E-state index in [2.05, 4.69) is 15.5 Å². The van der Waals surface area contributed by atoms with Crippen molar-refractivity contribution in [3.05, 3.63) is 34.6 Å². The number of fused-ring (bicyclic) bond motifs is 1. The van der Waals surface area contributed by atoms with Gasteiger partial charge in [0, 0.05) is 50.2 Å². The Kier molecular flexibility index (Phi) is 6.74. The van der Waals surface area contributed by atoms with Gasteiger partial charge in [-0.25, -0.2) is 4.39 Å². The number of ether oxygens (including phenoxy) is 1. The van der Waals surface area contributed by atoms with Gasteiger partial charge in [-0.15, -0.1) is 0 Å². The molecule has 0 bridgehead atoms. The lowest BCUT2D eigenvalue weighted by atomic mass is 10.0. The average molecular weight is 453 g/mol. The molecule has 10 heteroatoms. The van der Waals surface area contributed by atoms with Crippen molar-refractivity contribution >= 4 is 29.3 Å². The molecule has 3 amide bonds. The molecule has 1 aromatic rings. The van der Waals surface area contributed by atoms with Crippen molar-refractivity contribution in [2.75, 3.05) is 39.4 Å². The molecule has 168 valence electrons. The van der Waals surface area contributed by atoms with Crippen molar-refractivity contribution in [3.8, 4) is 0 Å². The van der Waals surface area contributed by atoms with Crippen LogP contribution in [-0.2, 0) is 14.3 Å². The first-order chi connectivity index (χ1) is 14.9. The fraction of sp³-hybridized carbons (Fsp3) is 0.571. The highest BCUT2D eigenvalue weighted by atomic mass is 35.5. The van der Waals surface area contributed by atoms with E-state index in [9.17, 15) is 18.8 Å². The molecule has 0 aromatic heterocycles. The van der Waals surface area contributed by atoms with Crippen LogP contribution in [0.1, 0.15) is 29.6 Å². The van der Waals surface area contributed by atoms with Crippen LogP contribution in [-0.4, -0.2) is 85.0 Å². The van der Waals surface area contributed by atoms with E-state index in [4.69, 9.17) is 16.3 Å². The molecular formula is C21H26ClFN4O4. The van der Waals surface area contributed by atoms with Crippen molar-refractivity contribution in [3.63, 3.8) is 0 Å². The van der Waals surface area contributed by atoms with Gasteiger partial charge in [-0.2, -0.15) is 0 Å². The number of hydrogen-bond donors (Lipinski definition) is 2. The first kappa shape index (κ1) is 22.0. The number of piperazine rings is 1. The smallest absolute Gasteiger partial charge is 0.251 e. The van der Waals surface area contributed by atoms with Gasteiger partial charge in [0.1, 0.15) is 5.82 Å². The molecule has 3 unspecified atom stereocenters. The lowest BCUT2D eigenvalue weighted by Crippen LogP contribution is -2.58. The molecular weight excluding hydrogens is 427 g/mol. The van der Waals surface area contributed by atoms with Gasteiger partial charge in [0.15, 0.2) is 0 Å². The minimum atomic E-state index is -0.581. The lowest BCUT2D eigenvalue weighted by Gasteiger charge is -2.37. The van der Waals surface area contributed by atoms with Gasteiger partial charge in [-0.3, -0.25) is 19.3 Å². The molecule has 2 N–H and O–H groups in total. The molecule has 0 aliphatic carbocycles. The summed E-state index contributed by atoms with van der Waals surface area (Å²) in [6, 6.07) is 3.31. The topological polar surface area (TPSA) is 91.0 Å². The van der Waals surface area contributed by atoms with Crippen molar-refractivity contribution in [1.29, 1.82) is 0 Å². The molecule has 3 heterocycles. The van der Waals surface area contributed by atoms with Crippen LogP contribution in [0.15, 0.2) is 18.2 Å². The average Bonchev–Trinajstić information content (AvgIpc) is 3.20. The number of nitrogens with zero attached hydrogens (tertiary/aromatic N) is 2. The summed E-state index contributed by atoms with van der Waals surface area (Å²) in [5.41, 5.74) is 0.272. The first-order valence-corrected chi connectivity index (χ1v) is 10.9. The van der Waals surface area contributed by atoms with Gasteiger partial charge < -0.3 is 20.3 Å². The van der Waals surface area contributed by atoms with E-state index in [0.29, 0.717) is 58.7 Å². The molecule has 0 radical (unpaired) electrons. The third kappa shape index (κ3) is 4.99. The maximum absolute atomic E-state index is 13.4. The molecule has 0 saturated carbocycles. The number of rotatable bonds is 5. The maximum Gasteiger partial charge on any atom is 0.251 e. The standard InChI is InChI=1S/C21H26ClFN4O4/c22-16-9-13(1-3-17(16)23)20(29)25-14-10-18-21(30)24-11-15(27(18)12-14)2-4-19(28)26-5-7-31-8-6-26/h1,3,9,14-15,18H,2,4-8,10-12H2,(H,24,30)(H,25,29). The summed E-state index contributed by atoms with van der Waals surface area (Å²) in [6.07, 6.45) is 1.54. The van der Waals surface area contributed by atoms with Crippen LogP contribution >= 0.6 is 11.6 Å². The molecule has 31 heavy (non-hydrogen) atoms. The molecule has 3 fully saturated rings. The summed E-state index contributed by atoms with van der Waals surface area (Å²) in [6.45, 7) is 3.39. The second-order valence-electron chi connectivity index (χ2n) is 8.18. The van der Waals surface area contributed by atoms with Gasteiger partial charge in [-0.1, -0.05) is 11.6 Å². The van der Waals surface area contributed by atoms with Crippen LogP contribution in [0.3, 0.4) is 0 Å². The predicted octanol–water partition coefficient (Wildman–Crippen LogP) is 0.789. The van der Waals surface area contributed by atoms with Crippen molar-refractivity contribution in [2.24, 2.45) is 0 Å². The van der Waals surface area contributed by atoms with E-state index >= 15 is 0 Å². The van der Waals surface area contributed by atoms with Crippen LogP contribution in [0.4, 0.5) is 4.39 Å². The SMILES string of the molecule is O=C(NC1CC2C(=O)NCC(CCC(=O)N3CCOCC3)N2C1)c1ccc(F)c(Cl)c1. The number of carbonyl (C=O) groups is 3. The molecule has 1 aromatic carbocycles. The van der Waals surface area contributed by atoms with Gasteiger partial charge >= 0.3 is 0 Å². The van der Waals surface area contributed by atoms with E-state index in [1.807, 2.05) is 4.90 Å². The number of nitrogens with one attached hydrogen (secondary N) is 2.